The van der Waals surface area contributed by atoms with E-state index in [9.17, 15) is 0 Å². The second-order valence-corrected chi connectivity index (χ2v) is 4.01. The number of rotatable bonds is 1. The molecule has 0 fully saturated rings. The summed E-state index contributed by atoms with van der Waals surface area (Å²) in [6.45, 7) is 0. The fourth-order valence-electron chi connectivity index (χ4n) is 2.17. The van der Waals surface area contributed by atoms with Gasteiger partial charge in [0.1, 0.15) is 0 Å². The number of hydrogen-bond acceptors (Lipinski definition) is 2. The number of benzene rings is 3. The summed E-state index contributed by atoms with van der Waals surface area (Å²) in [6.07, 6.45) is 1.47. The lowest BCUT2D eigenvalue weighted by atomic mass is 10.0. The highest BCUT2D eigenvalue weighted by Gasteiger charge is 2.01. The highest BCUT2D eigenvalue weighted by Crippen LogP contribution is 2.24. The molecular weight excluding hydrogens is 210 g/mol. The van der Waals surface area contributed by atoms with Crippen LogP contribution in [-0.2, 0) is 0 Å². The summed E-state index contributed by atoms with van der Waals surface area (Å²) in [4.78, 5) is 0. The first-order chi connectivity index (χ1) is 8.38. The molecule has 1 N–H and O–H groups in total. The first kappa shape index (κ1) is 9.85. The summed E-state index contributed by atoms with van der Waals surface area (Å²) >= 11 is 0. The third-order valence-electron chi connectivity index (χ3n) is 2.98. The number of nitrogens with zero attached hydrogens (tertiary/aromatic N) is 1. The predicted molar refractivity (Wildman–Crippen MR) is 70.8 cm³/mol. The first-order valence-corrected chi connectivity index (χ1v) is 5.47. The second kappa shape index (κ2) is 3.91. The Kier molecular flexibility index (Phi) is 2.26. The molecule has 0 aromatic heterocycles. The molecule has 17 heavy (non-hydrogen) atoms. The van der Waals surface area contributed by atoms with E-state index in [0.29, 0.717) is 0 Å². The normalized spacial score (nSPS) is 11.5. The van der Waals surface area contributed by atoms with Gasteiger partial charge in [-0.05, 0) is 33.7 Å². The molecule has 82 valence electrons. The Morgan fingerprint density at radius 3 is 2.29 bits per heavy atom. The first-order valence-electron chi connectivity index (χ1n) is 5.47. The maximum atomic E-state index is 8.66. The van der Waals surface area contributed by atoms with E-state index in [1.165, 1.54) is 17.0 Å². The van der Waals surface area contributed by atoms with Crippen LogP contribution in [0, 0.1) is 0 Å². The van der Waals surface area contributed by atoms with Crippen molar-refractivity contribution in [3.05, 3.63) is 60.2 Å². The Bertz CT molecular complexity index is 716. The minimum atomic E-state index is 0.927. The van der Waals surface area contributed by atoms with Crippen LogP contribution in [0.3, 0.4) is 0 Å². The van der Waals surface area contributed by atoms with Crippen molar-refractivity contribution in [1.82, 2.24) is 0 Å². The molecule has 0 unspecified atom stereocenters. The van der Waals surface area contributed by atoms with Gasteiger partial charge < -0.3 is 5.21 Å². The number of hydrogen-bond donors (Lipinski definition) is 1. The summed E-state index contributed by atoms with van der Waals surface area (Å²) < 4.78 is 0. The number of oxime groups is 1. The minimum Gasteiger partial charge on any atom is -0.411 e. The SMILES string of the molecule is ON=Cc1cccc2cc3ccccc3cc12. The van der Waals surface area contributed by atoms with Gasteiger partial charge >= 0.3 is 0 Å². The lowest BCUT2D eigenvalue weighted by molar-refractivity contribution is 0.322. The summed E-state index contributed by atoms with van der Waals surface area (Å²) in [5, 5.41) is 16.4. The van der Waals surface area contributed by atoms with Crippen LogP contribution in [0.4, 0.5) is 0 Å². The van der Waals surface area contributed by atoms with E-state index in [0.717, 1.165) is 16.3 Å². The molecular formula is C15H11NO. The van der Waals surface area contributed by atoms with Crippen LogP contribution in [0.15, 0.2) is 59.8 Å². The molecule has 0 saturated carbocycles. The molecule has 0 spiro atoms. The molecule has 0 heterocycles. The molecule has 0 aliphatic heterocycles. The van der Waals surface area contributed by atoms with Gasteiger partial charge in [-0.3, -0.25) is 0 Å². The van der Waals surface area contributed by atoms with Crippen molar-refractivity contribution in [2.24, 2.45) is 5.16 Å². The van der Waals surface area contributed by atoms with E-state index in [4.69, 9.17) is 5.21 Å². The van der Waals surface area contributed by atoms with Gasteiger partial charge in [-0.15, -0.1) is 0 Å². The van der Waals surface area contributed by atoms with Gasteiger partial charge in [0.2, 0.25) is 0 Å². The highest BCUT2D eigenvalue weighted by molar-refractivity contribution is 6.05. The summed E-state index contributed by atoms with van der Waals surface area (Å²) in [5.74, 6) is 0. The maximum absolute atomic E-state index is 8.66. The van der Waals surface area contributed by atoms with Crippen LogP contribution < -0.4 is 0 Å². The lowest BCUT2D eigenvalue weighted by Gasteiger charge is -2.04. The molecule has 0 bridgehead atoms. The Morgan fingerprint density at radius 2 is 1.53 bits per heavy atom. The monoisotopic (exact) mass is 221 g/mol. The molecule has 2 heteroatoms. The molecule has 3 rings (SSSR count). The smallest absolute Gasteiger partial charge is 0.0740 e. The van der Waals surface area contributed by atoms with E-state index in [-0.39, 0.29) is 0 Å². The van der Waals surface area contributed by atoms with Gasteiger partial charge in [-0.1, -0.05) is 47.6 Å². The summed E-state index contributed by atoms with van der Waals surface area (Å²) in [7, 11) is 0. The zero-order valence-corrected chi connectivity index (χ0v) is 9.17. The van der Waals surface area contributed by atoms with Gasteiger partial charge in [-0.2, -0.15) is 0 Å². The standard InChI is InChI=1S/C15H11NO/c17-16-10-14-7-3-6-13-8-11-4-1-2-5-12(11)9-15(13)14/h1-10,17H. The van der Waals surface area contributed by atoms with Gasteiger partial charge in [0.15, 0.2) is 0 Å². The minimum absolute atomic E-state index is 0.927. The molecule has 0 saturated heterocycles. The van der Waals surface area contributed by atoms with E-state index in [1.807, 2.05) is 24.3 Å². The van der Waals surface area contributed by atoms with E-state index < -0.39 is 0 Å². The van der Waals surface area contributed by atoms with Gasteiger partial charge in [0, 0.05) is 5.56 Å². The van der Waals surface area contributed by atoms with Crippen molar-refractivity contribution in [3.63, 3.8) is 0 Å². The van der Waals surface area contributed by atoms with Crippen molar-refractivity contribution in [2.75, 3.05) is 0 Å². The topological polar surface area (TPSA) is 32.6 Å². The second-order valence-electron chi connectivity index (χ2n) is 4.01. The lowest BCUT2D eigenvalue weighted by Crippen LogP contribution is -1.84. The fourth-order valence-corrected chi connectivity index (χ4v) is 2.17. The molecule has 0 aliphatic rings. The molecule has 3 aromatic rings. The van der Waals surface area contributed by atoms with Crippen molar-refractivity contribution in [2.45, 2.75) is 0 Å². The van der Waals surface area contributed by atoms with Crippen LogP contribution in [0.2, 0.25) is 0 Å². The zero-order chi connectivity index (χ0) is 11.7. The quantitative estimate of drug-likeness (QED) is 0.288. The zero-order valence-electron chi connectivity index (χ0n) is 9.17. The largest absolute Gasteiger partial charge is 0.411 e. The predicted octanol–water partition coefficient (Wildman–Crippen LogP) is 3.80. The van der Waals surface area contributed by atoms with E-state index >= 15 is 0 Å². The van der Waals surface area contributed by atoms with Gasteiger partial charge in [0.25, 0.3) is 0 Å². The molecule has 0 amide bonds. The van der Waals surface area contributed by atoms with Crippen molar-refractivity contribution >= 4 is 27.8 Å². The third-order valence-corrected chi connectivity index (χ3v) is 2.98. The van der Waals surface area contributed by atoms with Gasteiger partial charge in [-0.25, -0.2) is 0 Å². The van der Waals surface area contributed by atoms with Crippen LogP contribution in [0.5, 0.6) is 0 Å². The van der Waals surface area contributed by atoms with Crippen LogP contribution in [0.25, 0.3) is 21.5 Å². The molecule has 0 radical (unpaired) electrons. The Balaban J connectivity index is 2.43. The maximum Gasteiger partial charge on any atom is 0.0740 e. The van der Waals surface area contributed by atoms with Crippen molar-refractivity contribution in [3.8, 4) is 0 Å². The Morgan fingerprint density at radius 1 is 0.824 bits per heavy atom. The molecule has 3 aromatic carbocycles. The fraction of sp³-hybridized carbons (Fsp3) is 0. The van der Waals surface area contributed by atoms with Crippen LogP contribution in [-0.4, -0.2) is 11.4 Å². The molecule has 0 atom stereocenters. The van der Waals surface area contributed by atoms with Crippen molar-refractivity contribution in [1.29, 1.82) is 0 Å². The van der Waals surface area contributed by atoms with Crippen molar-refractivity contribution < 1.29 is 5.21 Å². The third kappa shape index (κ3) is 1.64. The Hall–Kier alpha value is -2.35. The van der Waals surface area contributed by atoms with E-state index in [2.05, 4.69) is 35.5 Å². The number of fused-ring (bicyclic) bond motifs is 2. The van der Waals surface area contributed by atoms with E-state index in [1.54, 1.807) is 0 Å². The molecule has 0 aliphatic carbocycles. The van der Waals surface area contributed by atoms with Crippen LogP contribution in [0.1, 0.15) is 5.56 Å². The summed E-state index contributed by atoms with van der Waals surface area (Å²) in [5.41, 5.74) is 0.927. The summed E-state index contributed by atoms with van der Waals surface area (Å²) in [6, 6.07) is 18.5. The highest BCUT2D eigenvalue weighted by atomic mass is 16.4. The Labute approximate surface area is 98.8 Å². The average Bonchev–Trinajstić information content (AvgIpc) is 2.37. The average molecular weight is 221 g/mol. The molecule has 2 nitrogen and oxygen atoms in total. The van der Waals surface area contributed by atoms with Crippen LogP contribution >= 0.6 is 0 Å². The van der Waals surface area contributed by atoms with Gasteiger partial charge in [0.05, 0.1) is 6.21 Å².